The van der Waals surface area contributed by atoms with Crippen LogP contribution in [0.1, 0.15) is 55.0 Å². The maximum Gasteiger partial charge on any atom is 0.257 e. The monoisotopic (exact) mass is 550 g/mol. The first-order valence-corrected chi connectivity index (χ1v) is 11.2. The largest absolute Gasteiger partial charge is 0.484 e. The molecule has 174 valence electrons. The first-order valence-electron chi connectivity index (χ1n) is 11.2. The van der Waals surface area contributed by atoms with Gasteiger partial charge in [-0.3, -0.25) is 9.79 Å². The molecule has 0 spiro atoms. The van der Waals surface area contributed by atoms with E-state index in [-0.39, 0.29) is 42.5 Å². The van der Waals surface area contributed by atoms with E-state index in [9.17, 15) is 4.79 Å². The number of fused-ring (bicyclic) bond motifs is 1. The number of guanidine groups is 1. The van der Waals surface area contributed by atoms with Crippen molar-refractivity contribution in [3.63, 3.8) is 0 Å². The first-order chi connectivity index (χ1) is 15.1. The molecular formula is C25H35IN4O2. The summed E-state index contributed by atoms with van der Waals surface area (Å²) in [7, 11) is 1.78. The van der Waals surface area contributed by atoms with Gasteiger partial charge in [-0.2, -0.15) is 0 Å². The molecule has 0 saturated carbocycles. The lowest BCUT2D eigenvalue weighted by Crippen LogP contribution is -2.38. The number of hydrogen-bond acceptors (Lipinski definition) is 3. The van der Waals surface area contributed by atoms with Gasteiger partial charge in [0.25, 0.3) is 5.91 Å². The Balaban J connectivity index is 0.00000363. The van der Waals surface area contributed by atoms with Gasteiger partial charge in [-0.15, -0.1) is 24.0 Å². The fourth-order valence-corrected chi connectivity index (χ4v) is 3.83. The molecule has 0 radical (unpaired) electrons. The highest BCUT2D eigenvalue weighted by Crippen LogP contribution is 2.24. The van der Waals surface area contributed by atoms with E-state index in [1.54, 1.807) is 7.05 Å². The molecule has 6 nitrogen and oxygen atoms in total. The van der Waals surface area contributed by atoms with Crippen LogP contribution in [-0.4, -0.2) is 32.1 Å². The minimum atomic E-state index is -0.119. The molecule has 2 aromatic rings. The van der Waals surface area contributed by atoms with E-state index in [4.69, 9.17) is 4.74 Å². The SMILES string of the molecule is CCNC(=O)COc1cccc(CNC(=NC)NC(C)c2ccc3c(c2)CCCC3)c1.I. The van der Waals surface area contributed by atoms with Crippen LogP contribution in [0, 0.1) is 0 Å². The Labute approximate surface area is 208 Å². The van der Waals surface area contributed by atoms with Crippen LogP contribution in [0.15, 0.2) is 47.5 Å². The number of rotatable bonds is 8. The van der Waals surface area contributed by atoms with Crippen LogP contribution in [0.25, 0.3) is 0 Å². The lowest BCUT2D eigenvalue weighted by atomic mass is 9.89. The molecule has 1 aliphatic rings. The van der Waals surface area contributed by atoms with E-state index >= 15 is 0 Å². The maximum atomic E-state index is 11.6. The Morgan fingerprint density at radius 1 is 1.09 bits per heavy atom. The zero-order chi connectivity index (χ0) is 22.1. The average Bonchev–Trinajstić information content (AvgIpc) is 2.80. The minimum absolute atomic E-state index is 0. The number of hydrogen-bond donors (Lipinski definition) is 3. The molecule has 0 fully saturated rings. The van der Waals surface area contributed by atoms with Gasteiger partial charge < -0.3 is 20.7 Å². The summed E-state index contributed by atoms with van der Waals surface area (Å²) in [6.45, 7) is 5.27. The van der Waals surface area contributed by atoms with Crippen molar-refractivity contribution in [3.8, 4) is 5.75 Å². The summed E-state index contributed by atoms with van der Waals surface area (Å²) in [4.78, 5) is 16.0. The summed E-state index contributed by atoms with van der Waals surface area (Å²) in [5.74, 6) is 1.31. The molecular weight excluding hydrogens is 515 g/mol. The standard InChI is InChI=1S/C25H34N4O2.HI/c1-4-27-24(30)17-31-23-11-7-8-19(14-23)16-28-25(26-3)29-18(2)21-13-12-20-9-5-6-10-22(20)15-21;/h7-8,11-15,18H,4-6,9-10,16-17H2,1-3H3,(H,27,30)(H2,26,28,29);1H. The molecule has 1 amide bonds. The molecule has 0 aliphatic heterocycles. The normalized spacial score (nSPS) is 13.9. The van der Waals surface area contributed by atoms with Crippen molar-refractivity contribution < 1.29 is 9.53 Å². The Morgan fingerprint density at radius 2 is 1.88 bits per heavy atom. The van der Waals surface area contributed by atoms with Crippen molar-refractivity contribution in [2.75, 3.05) is 20.2 Å². The van der Waals surface area contributed by atoms with Crippen molar-refractivity contribution in [2.45, 2.75) is 52.1 Å². The molecule has 3 rings (SSSR count). The number of carbonyl (C=O) groups excluding carboxylic acids is 1. The van der Waals surface area contributed by atoms with Gasteiger partial charge in [-0.1, -0.05) is 30.3 Å². The Kier molecular flexibility index (Phi) is 10.8. The lowest BCUT2D eigenvalue weighted by Gasteiger charge is -2.21. The molecule has 3 N–H and O–H groups in total. The highest BCUT2D eigenvalue weighted by molar-refractivity contribution is 14.0. The number of nitrogens with zero attached hydrogens (tertiary/aromatic N) is 1. The second kappa shape index (κ2) is 13.3. The summed E-state index contributed by atoms with van der Waals surface area (Å²) in [5, 5.41) is 9.57. The first kappa shape index (κ1) is 26.0. The quantitative estimate of drug-likeness (QED) is 0.263. The van der Waals surface area contributed by atoms with Gasteiger partial charge in [-0.05, 0) is 73.9 Å². The number of likely N-dealkylation sites (N-methyl/N-ethyl adjacent to an activating group) is 1. The topological polar surface area (TPSA) is 74.8 Å². The van der Waals surface area contributed by atoms with Crippen molar-refractivity contribution >= 4 is 35.8 Å². The summed E-state index contributed by atoms with van der Waals surface area (Å²) < 4.78 is 5.58. The van der Waals surface area contributed by atoms with Gasteiger partial charge in [0.2, 0.25) is 0 Å². The molecule has 1 aliphatic carbocycles. The van der Waals surface area contributed by atoms with E-state index in [1.807, 2.05) is 31.2 Å². The molecule has 32 heavy (non-hydrogen) atoms. The number of aliphatic imine (C=N–C) groups is 1. The third-order valence-electron chi connectivity index (χ3n) is 5.55. The Hall–Kier alpha value is -2.29. The van der Waals surface area contributed by atoms with Gasteiger partial charge >= 0.3 is 0 Å². The molecule has 2 aromatic carbocycles. The third-order valence-corrected chi connectivity index (χ3v) is 5.55. The zero-order valence-electron chi connectivity index (χ0n) is 19.2. The van der Waals surface area contributed by atoms with Crippen LogP contribution in [-0.2, 0) is 24.2 Å². The van der Waals surface area contributed by atoms with E-state index in [1.165, 1.54) is 42.4 Å². The number of aryl methyl sites for hydroxylation is 2. The minimum Gasteiger partial charge on any atom is -0.484 e. The van der Waals surface area contributed by atoms with Crippen LogP contribution in [0.3, 0.4) is 0 Å². The number of ether oxygens (including phenoxy) is 1. The second-order valence-corrected chi connectivity index (χ2v) is 7.92. The van der Waals surface area contributed by atoms with E-state index in [0.29, 0.717) is 18.8 Å². The second-order valence-electron chi connectivity index (χ2n) is 7.92. The molecule has 1 unspecified atom stereocenters. The number of carbonyl (C=O) groups is 1. The molecule has 0 heterocycles. The van der Waals surface area contributed by atoms with Crippen molar-refractivity contribution in [1.29, 1.82) is 0 Å². The molecule has 0 bridgehead atoms. The summed E-state index contributed by atoms with van der Waals surface area (Å²) in [5.41, 5.74) is 5.32. The maximum absolute atomic E-state index is 11.6. The smallest absolute Gasteiger partial charge is 0.257 e. The van der Waals surface area contributed by atoms with Crippen LogP contribution >= 0.6 is 24.0 Å². The van der Waals surface area contributed by atoms with Crippen molar-refractivity contribution in [3.05, 3.63) is 64.7 Å². The number of halogens is 1. The predicted molar refractivity (Wildman–Crippen MR) is 141 cm³/mol. The highest BCUT2D eigenvalue weighted by Gasteiger charge is 2.13. The third kappa shape index (κ3) is 7.69. The molecule has 7 heteroatoms. The van der Waals surface area contributed by atoms with E-state index < -0.39 is 0 Å². The van der Waals surface area contributed by atoms with Crippen molar-refractivity contribution in [1.82, 2.24) is 16.0 Å². The fourth-order valence-electron chi connectivity index (χ4n) is 3.83. The van der Waals surface area contributed by atoms with Gasteiger partial charge in [-0.25, -0.2) is 0 Å². The zero-order valence-corrected chi connectivity index (χ0v) is 21.6. The number of benzene rings is 2. The Morgan fingerprint density at radius 3 is 2.62 bits per heavy atom. The van der Waals surface area contributed by atoms with Gasteiger partial charge in [0.15, 0.2) is 12.6 Å². The van der Waals surface area contributed by atoms with E-state index in [0.717, 1.165) is 11.5 Å². The van der Waals surface area contributed by atoms with Crippen LogP contribution in [0.2, 0.25) is 0 Å². The van der Waals surface area contributed by atoms with Crippen molar-refractivity contribution in [2.24, 2.45) is 4.99 Å². The Bertz CT molecular complexity index is 917. The van der Waals surface area contributed by atoms with Crippen LogP contribution in [0.4, 0.5) is 0 Å². The summed E-state index contributed by atoms with van der Waals surface area (Å²) in [6, 6.07) is 14.7. The highest BCUT2D eigenvalue weighted by atomic mass is 127. The molecule has 1 atom stereocenters. The van der Waals surface area contributed by atoms with Crippen LogP contribution < -0.4 is 20.7 Å². The molecule has 0 aromatic heterocycles. The average molecular weight is 550 g/mol. The lowest BCUT2D eigenvalue weighted by molar-refractivity contribution is -0.122. The molecule has 0 saturated heterocycles. The van der Waals surface area contributed by atoms with Crippen LogP contribution in [0.5, 0.6) is 5.75 Å². The summed E-state index contributed by atoms with van der Waals surface area (Å²) in [6.07, 6.45) is 4.97. The number of amides is 1. The number of nitrogens with one attached hydrogen (secondary N) is 3. The summed E-state index contributed by atoms with van der Waals surface area (Å²) >= 11 is 0. The predicted octanol–water partition coefficient (Wildman–Crippen LogP) is 4.12. The van der Waals surface area contributed by atoms with E-state index in [2.05, 4.69) is 46.1 Å². The van der Waals surface area contributed by atoms with Gasteiger partial charge in [0.05, 0.1) is 6.04 Å². The van der Waals surface area contributed by atoms with Gasteiger partial charge in [0.1, 0.15) is 5.75 Å². The van der Waals surface area contributed by atoms with Gasteiger partial charge in [0, 0.05) is 20.1 Å². The fraction of sp³-hybridized carbons (Fsp3) is 0.440.